The molecule has 0 spiro atoms. The van der Waals surface area contributed by atoms with Crippen molar-refractivity contribution in [3.8, 4) is 11.3 Å². The van der Waals surface area contributed by atoms with Crippen molar-refractivity contribution in [3.05, 3.63) is 84.5 Å². The zero-order valence-corrected chi connectivity index (χ0v) is 20.7. The number of benzene rings is 2. The molecule has 0 radical (unpaired) electrons. The molecule has 180 valence electrons. The average molecular weight is 476 g/mol. The van der Waals surface area contributed by atoms with Gasteiger partial charge in [0.25, 0.3) is 0 Å². The Morgan fingerprint density at radius 1 is 1.00 bits per heavy atom. The van der Waals surface area contributed by atoms with Gasteiger partial charge in [0, 0.05) is 17.5 Å². The molecule has 0 N–H and O–H groups in total. The predicted molar refractivity (Wildman–Crippen MR) is 147 cm³/mol. The Morgan fingerprint density at radius 3 is 2.61 bits per heavy atom. The summed E-state index contributed by atoms with van der Waals surface area (Å²) in [5, 5.41) is 3.80. The van der Waals surface area contributed by atoms with E-state index in [0.717, 1.165) is 29.0 Å². The van der Waals surface area contributed by atoms with Crippen LogP contribution in [0.2, 0.25) is 0 Å². The summed E-state index contributed by atoms with van der Waals surface area (Å²) in [6.07, 6.45) is 14.9. The monoisotopic (exact) mass is 475 g/mol. The first-order valence-corrected chi connectivity index (χ1v) is 13.0. The summed E-state index contributed by atoms with van der Waals surface area (Å²) in [6, 6.07) is 19.5. The molecule has 7 rings (SSSR count). The van der Waals surface area contributed by atoms with Gasteiger partial charge in [-0.25, -0.2) is 15.0 Å². The highest BCUT2D eigenvalue weighted by Gasteiger charge is 2.56. The minimum absolute atomic E-state index is 0.0329. The summed E-state index contributed by atoms with van der Waals surface area (Å²) >= 11 is 0. The topological polar surface area (TPSA) is 44.1 Å². The van der Waals surface area contributed by atoms with Crippen LogP contribution in [0.1, 0.15) is 31.2 Å². The summed E-state index contributed by atoms with van der Waals surface area (Å²) in [6.45, 7) is 5.66. The van der Waals surface area contributed by atoms with Crippen LogP contribution in [0.4, 0.5) is 5.69 Å². The molecule has 4 aliphatic rings. The summed E-state index contributed by atoms with van der Waals surface area (Å²) in [7, 11) is 0. The molecular formula is C30H31N6+. The summed E-state index contributed by atoms with van der Waals surface area (Å²) < 4.78 is 0.459. The minimum Gasteiger partial charge on any atom is -0.301 e. The van der Waals surface area contributed by atoms with Gasteiger partial charge in [-0.05, 0) is 69.5 Å². The van der Waals surface area contributed by atoms with Crippen LogP contribution in [0.5, 0.6) is 0 Å². The quantitative estimate of drug-likeness (QED) is 0.422. The van der Waals surface area contributed by atoms with Crippen molar-refractivity contribution in [1.29, 1.82) is 0 Å². The smallest absolute Gasteiger partial charge is 0.225 e. The molecule has 2 fully saturated rings. The Hall–Kier alpha value is -3.61. The number of aryl methyl sites for hydroxylation is 1. The second kappa shape index (κ2) is 8.22. The fourth-order valence-corrected chi connectivity index (χ4v) is 6.19. The normalized spacial score (nSPS) is 23.8. The lowest BCUT2D eigenvalue weighted by Crippen LogP contribution is -2.71. The molecule has 2 aromatic carbocycles. The number of aromatic nitrogens is 1. The number of likely N-dealkylation sites (tertiary alicyclic amines) is 1. The third kappa shape index (κ3) is 3.29. The summed E-state index contributed by atoms with van der Waals surface area (Å²) in [5.74, 6) is 0. The Balaban J connectivity index is 1.40. The van der Waals surface area contributed by atoms with Crippen LogP contribution < -0.4 is 5.01 Å². The highest BCUT2D eigenvalue weighted by Crippen LogP contribution is 2.47. The van der Waals surface area contributed by atoms with Crippen LogP contribution >= 0.6 is 0 Å². The van der Waals surface area contributed by atoms with Gasteiger partial charge in [0.15, 0.2) is 6.20 Å². The van der Waals surface area contributed by atoms with Gasteiger partial charge in [0.05, 0.1) is 35.5 Å². The van der Waals surface area contributed by atoms with E-state index in [1.807, 2.05) is 18.6 Å². The predicted octanol–water partition coefficient (Wildman–Crippen LogP) is 5.82. The van der Waals surface area contributed by atoms with Crippen LogP contribution in [0.15, 0.2) is 88.9 Å². The van der Waals surface area contributed by atoms with E-state index in [0.29, 0.717) is 4.59 Å². The number of pyridine rings is 1. The molecule has 3 aliphatic heterocycles. The van der Waals surface area contributed by atoms with Crippen LogP contribution in [0.25, 0.3) is 22.2 Å². The number of allylic oxidation sites excluding steroid dienone is 1. The van der Waals surface area contributed by atoms with Crippen LogP contribution in [0, 0.1) is 6.92 Å². The van der Waals surface area contributed by atoms with Crippen molar-refractivity contribution in [2.45, 2.75) is 38.1 Å². The van der Waals surface area contributed by atoms with Gasteiger partial charge < -0.3 is 4.90 Å². The second-order valence-electron chi connectivity index (χ2n) is 10.5. The number of rotatable bonds is 6. The molecule has 0 amide bonds. The Kier molecular flexibility index (Phi) is 4.94. The molecule has 1 atom stereocenters. The number of hydrogen-bond acceptors (Lipinski definition) is 5. The average Bonchev–Trinajstić information content (AvgIpc) is 3.29. The Bertz CT molecular complexity index is 1450. The third-order valence-corrected chi connectivity index (χ3v) is 8.30. The summed E-state index contributed by atoms with van der Waals surface area (Å²) in [5.41, 5.74) is 6.73. The number of fused-ring (bicyclic) bond motifs is 2. The van der Waals surface area contributed by atoms with Gasteiger partial charge in [0.2, 0.25) is 12.0 Å². The van der Waals surface area contributed by atoms with E-state index in [9.17, 15) is 0 Å². The molecule has 0 bridgehead atoms. The van der Waals surface area contributed by atoms with Crippen LogP contribution in [-0.2, 0) is 0 Å². The van der Waals surface area contributed by atoms with Gasteiger partial charge >= 0.3 is 0 Å². The maximum atomic E-state index is 5.16. The van der Waals surface area contributed by atoms with E-state index in [4.69, 9.17) is 4.98 Å². The Morgan fingerprint density at radius 2 is 1.86 bits per heavy atom. The molecule has 4 heterocycles. The molecule has 36 heavy (non-hydrogen) atoms. The van der Waals surface area contributed by atoms with Crippen LogP contribution in [0.3, 0.4) is 0 Å². The van der Waals surface area contributed by atoms with Crippen molar-refractivity contribution in [2.24, 2.45) is 9.98 Å². The molecule has 1 unspecified atom stereocenters. The van der Waals surface area contributed by atoms with Crippen molar-refractivity contribution in [1.82, 2.24) is 9.88 Å². The largest absolute Gasteiger partial charge is 0.301 e. The van der Waals surface area contributed by atoms with Crippen molar-refractivity contribution in [2.75, 3.05) is 24.6 Å². The van der Waals surface area contributed by atoms with Gasteiger partial charge in [-0.1, -0.05) is 36.4 Å². The zero-order chi connectivity index (χ0) is 24.2. The van der Waals surface area contributed by atoms with Gasteiger partial charge in [-0.15, -0.1) is 4.59 Å². The summed E-state index contributed by atoms with van der Waals surface area (Å²) in [4.78, 5) is 16.8. The molecule has 1 aromatic heterocycles. The van der Waals surface area contributed by atoms with Gasteiger partial charge in [-0.3, -0.25) is 4.99 Å². The first-order valence-electron chi connectivity index (χ1n) is 13.0. The Labute approximate surface area is 212 Å². The molecule has 1 saturated carbocycles. The standard InChI is InChI=1S/C30H31N6/c1-23-17-28(24-7-3-2-4-8-24)33-29-18-25(9-10-27(23)29)35(30(11-5-12-30)21-34-14-6-15-34)36-16-13-31-19-26(36)20-32-22-36/h2-4,7-10,13,16-20,22H,5-6,11-12,14-15,21H2,1H3/q+1. The molecule has 3 aromatic rings. The van der Waals surface area contributed by atoms with Crippen molar-refractivity contribution >= 4 is 29.1 Å². The second-order valence-corrected chi connectivity index (χ2v) is 10.5. The van der Waals surface area contributed by atoms with Gasteiger partial charge in [0.1, 0.15) is 5.54 Å². The number of hydrogen-bond donors (Lipinski definition) is 0. The van der Waals surface area contributed by atoms with E-state index < -0.39 is 0 Å². The number of quaternary nitrogens is 1. The van der Waals surface area contributed by atoms with E-state index in [2.05, 4.69) is 94.0 Å². The maximum Gasteiger partial charge on any atom is 0.225 e. The number of aliphatic imine (C=N–C) groups is 2. The van der Waals surface area contributed by atoms with E-state index in [1.165, 1.54) is 55.4 Å². The lowest BCUT2D eigenvalue weighted by atomic mass is 9.74. The molecular weight excluding hydrogens is 444 g/mol. The van der Waals surface area contributed by atoms with Gasteiger partial charge in [-0.2, -0.15) is 0 Å². The number of nitrogens with zero attached hydrogens (tertiary/aromatic N) is 6. The first-order chi connectivity index (χ1) is 17.7. The van der Waals surface area contributed by atoms with Crippen molar-refractivity contribution in [3.63, 3.8) is 0 Å². The fraction of sp³-hybridized carbons (Fsp3) is 0.300. The molecule has 1 saturated heterocycles. The first kappa shape index (κ1) is 21.7. The molecule has 6 nitrogen and oxygen atoms in total. The fourth-order valence-electron chi connectivity index (χ4n) is 6.19. The molecule has 1 aliphatic carbocycles. The van der Waals surface area contributed by atoms with E-state index in [1.54, 1.807) is 0 Å². The highest BCUT2D eigenvalue weighted by molar-refractivity contribution is 5.88. The lowest BCUT2D eigenvalue weighted by molar-refractivity contribution is -0.751. The lowest BCUT2D eigenvalue weighted by Gasteiger charge is -2.57. The molecule has 6 heteroatoms. The maximum absolute atomic E-state index is 5.16. The SMILES string of the molecule is Cc1cc(-c2ccccc2)nc2cc(N(C3(CN4CCC4)CCC3)[N+]34C=CN=CC3=CN=C4)ccc12. The zero-order valence-electron chi connectivity index (χ0n) is 20.7. The third-order valence-electron chi connectivity index (χ3n) is 8.30. The van der Waals surface area contributed by atoms with E-state index in [-0.39, 0.29) is 5.54 Å². The van der Waals surface area contributed by atoms with Crippen molar-refractivity contribution < 1.29 is 4.59 Å². The minimum atomic E-state index is 0.0329. The highest BCUT2D eigenvalue weighted by atomic mass is 15.8. The van der Waals surface area contributed by atoms with Crippen LogP contribution in [-0.4, -0.2) is 52.2 Å². The number of anilines is 1. The van der Waals surface area contributed by atoms with E-state index >= 15 is 0 Å².